The van der Waals surface area contributed by atoms with Gasteiger partial charge < -0.3 is 20.5 Å². The molecule has 1 unspecified atom stereocenters. The van der Waals surface area contributed by atoms with E-state index < -0.39 is 0 Å². The Morgan fingerprint density at radius 1 is 1.25 bits per heavy atom. The monoisotopic (exact) mass is 378 g/mol. The summed E-state index contributed by atoms with van der Waals surface area (Å²) in [5, 5.41) is 3.38. The molecular weight excluding hydrogens is 356 g/mol. The number of pyridine rings is 2. The number of ether oxygens (including phenoxy) is 2. The fourth-order valence-corrected chi connectivity index (χ4v) is 3.25. The van der Waals surface area contributed by atoms with Gasteiger partial charge in [-0.3, -0.25) is 4.98 Å². The molecule has 0 spiro atoms. The van der Waals surface area contributed by atoms with E-state index in [1.54, 1.807) is 12.3 Å². The summed E-state index contributed by atoms with van der Waals surface area (Å²) in [6.45, 7) is 3.56. The lowest BCUT2D eigenvalue weighted by Gasteiger charge is -2.16. The highest BCUT2D eigenvalue weighted by atomic mass is 16.5. The van der Waals surface area contributed by atoms with Gasteiger partial charge in [-0.2, -0.15) is 0 Å². The third kappa shape index (κ3) is 3.53. The molecule has 0 radical (unpaired) electrons. The van der Waals surface area contributed by atoms with Crippen LogP contribution in [0.5, 0.6) is 11.6 Å². The average Bonchev–Trinajstić information content (AvgIpc) is 3.21. The van der Waals surface area contributed by atoms with E-state index in [2.05, 4.69) is 32.2 Å². The Bertz CT molecular complexity index is 994. The quantitative estimate of drug-likeness (QED) is 0.674. The summed E-state index contributed by atoms with van der Waals surface area (Å²) in [6, 6.07) is 5.69. The van der Waals surface area contributed by atoms with Crippen molar-refractivity contribution in [3.8, 4) is 22.9 Å². The fourth-order valence-electron chi connectivity index (χ4n) is 3.25. The highest BCUT2D eigenvalue weighted by Gasteiger charge is 2.20. The number of anilines is 2. The van der Waals surface area contributed by atoms with E-state index in [1.165, 1.54) is 13.4 Å². The van der Waals surface area contributed by atoms with E-state index in [4.69, 9.17) is 15.2 Å². The van der Waals surface area contributed by atoms with Gasteiger partial charge in [0.2, 0.25) is 5.88 Å². The Morgan fingerprint density at radius 2 is 2.14 bits per heavy atom. The van der Waals surface area contributed by atoms with Crippen LogP contribution < -0.4 is 20.5 Å². The van der Waals surface area contributed by atoms with Gasteiger partial charge in [-0.1, -0.05) is 6.92 Å². The number of nitrogen functional groups attached to an aromatic ring is 1. The van der Waals surface area contributed by atoms with E-state index in [-0.39, 0.29) is 5.92 Å². The minimum absolute atomic E-state index is 0.242. The molecule has 4 heterocycles. The van der Waals surface area contributed by atoms with Crippen molar-refractivity contribution in [2.75, 3.05) is 31.3 Å². The Hall–Kier alpha value is -3.42. The van der Waals surface area contributed by atoms with Crippen molar-refractivity contribution in [3.05, 3.63) is 48.2 Å². The molecule has 1 aliphatic heterocycles. The number of fused-ring (bicyclic) bond motifs is 1. The molecule has 8 heteroatoms. The first-order valence-electron chi connectivity index (χ1n) is 9.12. The molecule has 144 valence electrons. The fraction of sp³-hybridized carbons (Fsp3) is 0.300. The van der Waals surface area contributed by atoms with Crippen LogP contribution in [-0.4, -0.2) is 40.2 Å². The minimum Gasteiger partial charge on any atom is -0.491 e. The lowest BCUT2D eigenvalue weighted by atomic mass is 10.00. The number of hydrogen-bond acceptors (Lipinski definition) is 8. The molecule has 28 heavy (non-hydrogen) atoms. The van der Waals surface area contributed by atoms with Gasteiger partial charge in [0, 0.05) is 48.5 Å². The van der Waals surface area contributed by atoms with Crippen LogP contribution >= 0.6 is 0 Å². The van der Waals surface area contributed by atoms with Crippen LogP contribution in [0.25, 0.3) is 11.3 Å². The maximum Gasteiger partial charge on any atom is 0.236 e. The minimum atomic E-state index is 0.242. The van der Waals surface area contributed by atoms with Crippen LogP contribution in [0.3, 0.4) is 0 Å². The molecule has 1 aliphatic rings. The molecule has 0 aromatic carbocycles. The second kappa shape index (κ2) is 7.67. The van der Waals surface area contributed by atoms with Gasteiger partial charge in [0.15, 0.2) is 0 Å². The summed E-state index contributed by atoms with van der Waals surface area (Å²) in [4.78, 5) is 17.2. The van der Waals surface area contributed by atoms with Gasteiger partial charge in [-0.15, -0.1) is 0 Å². The topological polar surface area (TPSA) is 108 Å². The molecule has 3 aromatic rings. The molecular formula is C20H22N6O2. The van der Waals surface area contributed by atoms with Gasteiger partial charge in [0.25, 0.3) is 0 Å². The summed E-state index contributed by atoms with van der Waals surface area (Å²) in [7, 11) is 1.54. The maximum atomic E-state index is 5.95. The van der Waals surface area contributed by atoms with E-state index in [1.807, 2.05) is 18.3 Å². The summed E-state index contributed by atoms with van der Waals surface area (Å²) in [5.74, 6) is 2.31. The van der Waals surface area contributed by atoms with E-state index in [9.17, 15) is 0 Å². The van der Waals surface area contributed by atoms with Crippen molar-refractivity contribution in [1.82, 2.24) is 19.9 Å². The molecule has 0 saturated heterocycles. The average molecular weight is 378 g/mol. The van der Waals surface area contributed by atoms with E-state index in [0.717, 1.165) is 40.5 Å². The van der Waals surface area contributed by atoms with E-state index >= 15 is 0 Å². The van der Waals surface area contributed by atoms with Gasteiger partial charge in [-0.25, -0.2) is 15.0 Å². The van der Waals surface area contributed by atoms with Crippen LogP contribution in [-0.2, 0) is 6.42 Å². The normalized spacial score (nSPS) is 13.5. The van der Waals surface area contributed by atoms with Crippen molar-refractivity contribution in [2.45, 2.75) is 19.3 Å². The first-order chi connectivity index (χ1) is 13.7. The number of rotatable bonds is 6. The van der Waals surface area contributed by atoms with Gasteiger partial charge in [0.05, 0.1) is 30.8 Å². The van der Waals surface area contributed by atoms with Crippen molar-refractivity contribution >= 4 is 11.5 Å². The third-order valence-electron chi connectivity index (χ3n) is 4.75. The van der Waals surface area contributed by atoms with Gasteiger partial charge in [0.1, 0.15) is 17.9 Å². The predicted molar refractivity (Wildman–Crippen MR) is 107 cm³/mol. The largest absolute Gasteiger partial charge is 0.491 e. The van der Waals surface area contributed by atoms with Crippen molar-refractivity contribution < 1.29 is 9.47 Å². The molecule has 0 bridgehead atoms. The second-order valence-electron chi connectivity index (χ2n) is 6.67. The van der Waals surface area contributed by atoms with Crippen molar-refractivity contribution in [2.24, 2.45) is 0 Å². The summed E-state index contributed by atoms with van der Waals surface area (Å²) in [6.07, 6.45) is 5.93. The highest BCUT2D eigenvalue weighted by Crippen LogP contribution is 2.33. The Labute approximate surface area is 163 Å². The molecule has 0 aliphatic carbocycles. The lowest BCUT2D eigenvalue weighted by molar-refractivity contribution is 0.352. The van der Waals surface area contributed by atoms with Crippen LogP contribution in [0.4, 0.5) is 11.5 Å². The molecule has 8 nitrogen and oxygen atoms in total. The molecule has 0 saturated carbocycles. The number of nitrogens with zero attached hydrogens (tertiary/aromatic N) is 4. The zero-order valence-electron chi connectivity index (χ0n) is 15.8. The van der Waals surface area contributed by atoms with Crippen molar-refractivity contribution in [1.29, 1.82) is 0 Å². The van der Waals surface area contributed by atoms with Crippen LogP contribution in [0, 0.1) is 0 Å². The zero-order valence-corrected chi connectivity index (χ0v) is 15.8. The second-order valence-corrected chi connectivity index (χ2v) is 6.67. The molecule has 4 rings (SSSR count). The number of hydrogen-bond donors (Lipinski definition) is 2. The molecule has 3 N–H and O–H groups in total. The summed E-state index contributed by atoms with van der Waals surface area (Å²) < 4.78 is 10.9. The lowest BCUT2D eigenvalue weighted by Crippen LogP contribution is -2.12. The summed E-state index contributed by atoms with van der Waals surface area (Å²) in [5.41, 5.74) is 10.2. The first-order valence-corrected chi connectivity index (χ1v) is 9.12. The highest BCUT2D eigenvalue weighted by molar-refractivity contribution is 5.67. The first kappa shape index (κ1) is 18.0. The molecule has 0 amide bonds. The molecule has 1 atom stereocenters. The smallest absolute Gasteiger partial charge is 0.236 e. The Kier molecular flexibility index (Phi) is 4.92. The standard InChI is InChI=1S/C20H22N6O2/c1-12(14-3-5-22-16-4-6-28-19(14)16)9-23-18-8-17(25-11-26-18)13-7-15(21)20(27-2)24-10-13/h3,5,7-8,10-12H,4,6,9,21H2,1-2H3,(H,23,25,26). The summed E-state index contributed by atoms with van der Waals surface area (Å²) >= 11 is 0. The number of nitrogens with two attached hydrogens (primary N) is 1. The third-order valence-corrected chi connectivity index (χ3v) is 4.75. The maximum absolute atomic E-state index is 5.95. The van der Waals surface area contributed by atoms with Gasteiger partial charge >= 0.3 is 0 Å². The number of nitrogens with one attached hydrogen (secondary N) is 1. The van der Waals surface area contributed by atoms with Crippen LogP contribution in [0.15, 0.2) is 36.9 Å². The van der Waals surface area contributed by atoms with Gasteiger partial charge in [-0.05, 0) is 12.1 Å². The SMILES string of the molecule is COc1ncc(-c2cc(NCC(C)c3ccnc4c3OCC4)ncn2)cc1N. The Morgan fingerprint density at radius 3 is 2.96 bits per heavy atom. The van der Waals surface area contributed by atoms with E-state index in [0.29, 0.717) is 24.7 Å². The molecule has 3 aromatic heterocycles. The van der Waals surface area contributed by atoms with Crippen LogP contribution in [0.1, 0.15) is 24.1 Å². The molecule has 0 fully saturated rings. The van der Waals surface area contributed by atoms with Crippen molar-refractivity contribution in [3.63, 3.8) is 0 Å². The number of aromatic nitrogens is 4. The number of methoxy groups -OCH3 is 1. The van der Waals surface area contributed by atoms with Crippen LogP contribution in [0.2, 0.25) is 0 Å². The Balaban J connectivity index is 1.48. The zero-order chi connectivity index (χ0) is 19.5. The predicted octanol–water partition coefficient (Wildman–Crippen LogP) is 2.67.